The number of aromatic nitrogens is 3. The number of nitrogens with zero attached hydrogens (tertiary/aromatic N) is 2. The molecule has 0 saturated heterocycles. The molecule has 1 N–H and O–H groups in total. The van der Waals surface area contributed by atoms with Crippen molar-refractivity contribution in [1.29, 1.82) is 0 Å². The number of hydrogen-bond donors (Lipinski definition) is 1. The molecule has 2 heterocycles. The van der Waals surface area contributed by atoms with Crippen LogP contribution in [-0.4, -0.2) is 21.1 Å². The normalized spacial score (nSPS) is 10.9. The molecule has 1 aromatic carbocycles. The minimum Gasteiger partial charge on any atom is -0.360 e. The number of aryl methyl sites for hydroxylation is 1. The number of carbonyl (C=O) groups is 1. The summed E-state index contributed by atoms with van der Waals surface area (Å²) in [5.41, 5.74) is 3.69. The van der Waals surface area contributed by atoms with Crippen LogP contribution in [0.15, 0.2) is 36.8 Å². The van der Waals surface area contributed by atoms with Crippen molar-refractivity contribution in [2.24, 2.45) is 0 Å². The highest BCUT2D eigenvalue weighted by Gasteiger charge is 2.05. The first-order valence-corrected chi connectivity index (χ1v) is 5.36. The Morgan fingerprint density at radius 3 is 3.00 bits per heavy atom. The van der Waals surface area contributed by atoms with Gasteiger partial charge in [-0.25, -0.2) is 4.68 Å². The zero-order chi connectivity index (χ0) is 11.8. The molecule has 0 bridgehead atoms. The number of aromatic amines is 1. The number of rotatable bonds is 2. The number of nitrogens with one attached hydrogen (secondary N) is 1. The minimum atomic E-state index is 0.672. The Hall–Kier alpha value is -2.36. The topological polar surface area (TPSA) is 50.7 Å². The van der Waals surface area contributed by atoms with Gasteiger partial charge in [0.25, 0.3) is 0 Å². The van der Waals surface area contributed by atoms with Crippen LogP contribution in [0.25, 0.3) is 16.6 Å². The van der Waals surface area contributed by atoms with Crippen molar-refractivity contribution in [2.45, 2.75) is 6.92 Å². The molecule has 0 spiro atoms. The standard InChI is InChI=1S/C13H11N3O/c1-9-5-15-16(7-9)11-2-3-13-12(4-11)10(8-17)6-14-13/h2-8,14H,1H3. The van der Waals surface area contributed by atoms with Crippen LogP contribution in [0.3, 0.4) is 0 Å². The lowest BCUT2D eigenvalue weighted by Crippen LogP contribution is -1.93. The third kappa shape index (κ3) is 1.54. The van der Waals surface area contributed by atoms with Gasteiger partial charge in [0.15, 0.2) is 6.29 Å². The number of H-pyrrole nitrogens is 1. The molecule has 4 nitrogen and oxygen atoms in total. The third-order valence-electron chi connectivity index (χ3n) is 2.80. The zero-order valence-electron chi connectivity index (χ0n) is 9.34. The van der Waals surface area contributed by atoms with Crippen LogP contribution < -0.4 is 0 Å². The first-order valence-electron chi connectivity index (χ1n) is 5.36. The van der Waals surface area contributed by atoms with E-state index in [9.17, 15) is 4.79 Å². The quantitative estimate of drug-likeness (QED) is 0.681. The van der Waals surface area contributed by atoms with Gasteiger partial charge in [-0.05, 0) is 30.7 Å². The lowest BCUT2D eigenvalue weighted by Gasteiger charge is -2.01. The van der Waals surface area contributed by atoms with Crippen molar-refractivity contribution in [3.05, 3.63) is 47.9 Å². The number of aldehydes is 1. The predicted molar refractivity (Wildman–Crippen MR) is 65.5 cm³/mol. The lowest BCUT2D eigenvalue weighted by molar-refractivity contribution is 0.112. The van der Waals surface area contributed by atoms with Gasteiger partial charge >= 0.3 is 0 Å². The summed E-state index contributed by atoms with van der Waals surface area (Å²) in [6.07, 6.45) is 6.34. The Morgan fingerprint density at radius 1 is 1.41 bits per heavy atom. The summed E-state index contributed by atoms with van der Waals surface area (Å²) in [5, 5.41) is 5.17. The second-order valence-corrected chi connectivity index (χ2v) is 4.05. The van der Waals surface area contributed by atoms with Crippen molar-refractivity contribution in [2.75, 3.05) is 0 Å². The molecule has 17 heavy (non-hydrogen) atoms. The summed E-state index contributed by atoms with van der Waals surface area (Å²) < 4.78 is 1.80. The van der Waals surface area contributed by atoms with E-state index < -0.39 is 0 Å². The van der Waals surface area contributed by atoms with E-state index >= 15 is 0 Å². The maximum atomic E-state index is 10.9. The Kier molecular flexibility index (Phi) is 2.08. The van der Waals surface area contributed by atoms with Gasteiger partial charge in [-0.15, -0.1) is 0 Å². The molecular weight excluding hydrogens is 214 g/mol. The predicted octanol–water partition coefficient (Wildman–Crippen LogP) is 2.47. The zero-order valence-corrected chi connectivity index (χ0v) is 9.34. The van der Waals surface area contributed by atoms with E-state index in [4.69, 9.17) is 0 Å². The molecule has 0 atom stereocenters. The SMILES string of the molecule is Cc1cnn(-c2ccc3[nH]cc(C=O)c3c2)c1. The summed E-state index contributed by atoms with van der Waals surface area (Å²) in [5.74, 6) is 0. The van der Waals surface area contributed by atoms with E-state index in [1.54, 1.807) is 10.9 Å². The van der Waals surface area contributed by atoms with E-state index in [1.807, 2.05) is 37.5 Å². The molecule has 0 amide bonds. The third-order valence-corrected chi connectivity index (χ3v) is 2.80. The van der Waals surface area contributed by atoms with E-state index in [2.05, 4.69) is 10.1 Å². The highest BCUT2D eigenvalue weighted by Crippen LogP contribution is 2.20. The Bertz CT molecular complexity index is 694. The summed E-state index contributed by atoms with van der Waals surface area (Å²) >= 11 is 0. The smallest absolute Gasteiger partial charge is 0.152 e. The van der Waals surface area contributed by atoms with Gasteiger partial charge < -0.3 is 4.98 Å². The monoisotopic (exact) mass is 225 g/mol. The first kappa shape index (κ1) is 9.84. The molecule has 3 aromatic rings. The molecule has 0 aliphatic carbocycles. The fourth-order valence-corrected chi connectivity index (χ4v) is 1.92. The van der Waals surface area contributed by atoms with Gasteiger partial charge in [0.05, 0.1) is 11.9 Å². The molecule has 4 heteroatoms. The van der Waals surface area contributed by atoms with Gasteiger partial charge in [-0.3, -0.25) is 4.79 Å². The lowest BCUT2D eigenvalue weighted by atomic mass is 10.2. The first-order chi connectivity index (χ1) is 8.28. The molecule has 0 saturated carbocycles. The van der Waals surface area contributed by atoms with Crippen molar-refractivity contribution < 1.29 is 4.79 Å². The average Bonchev–Trinajstić information content (AvgIpc) is 2.94. The fourth-order valence-electron chi connectivity index (χ4n) is 1.92. The van der Waals surface area contributed by atoms with E-state index in [1.165, 1.54) is 0 Å². The summed E-state index contributed by atoms with van der Waals surface area (Å²) in [4.78, 5) is 14.0. The van der Waals surface area contributed by atoms with Crippen LogP contribution in [0.5, 0.6) is 0 Å². The van der Waals surface area contributed by atoms with Crippen molar-refractivity contribution in [1.82, 2.24) is 14.8 Å². The van der Waals surface area contributed by atoms with Gasteiger partial charge in [-0.1, -0.05) is 0 Å². The Morgan fingerprint density at radius 2 is 2.29 bits per heavy atom. The second-order valence-electron chi connectivity index (χ2n) is 4.05. The maximum absolute atomic E-state index is 10.9. The molecule has 0 aliphatic rings. The van der Waals surface area contributed by atoms with Gasteiger partial charge in [0, 0.05) is 28.9 Å². The molecular formula is C13H11N3O. The van der Waals surface area contributed by atoms with Crippen molar-refractivity contribution in [3.63, 3.8) is 0 Å². The summed E-state index contributed by atoms with van der Waals surface area (Å²) in [7, 11) is 0. The Balaban J connectivity index is 2.21. The number of hydrogen-bond acceptors (Lipinski definition) is 2. The molecule has 3 rings (SSSR count). The summed E-state index contributed by atoms with van der Waals surface area (Å²) in [6.45, 7) is 2.00. The fraction of sp³-hybridized carbons (Fsp3) is 0.0769. The highest BCUT2D eigenvalue weighted by molar-refractivity contribution is 5.98. The average molecular weight is 225 g/mol. The number of fused-ring (bicyclic) bond motifs is 1. The van der Waals surface area contributed by atoms with Crippen LogP contribution in [-0.2, 0) is 0 Å². The van der Waals surface area contributed by atoms with Gasteiger partial charge in [-0.2, -0.15) is 5.10 Å². The van der Waals surface area contributed by atoms with Gasteiger partial charge in [0.2, 0.25) is 0 Å². The van der Waals surface area contributed by atoms with E-state index in [0.717, 1.165) is 28.4 Å². The largest absolute Gasteiger partial charge is 0.360 e. The van der Waals surface area contributed by atoms with Crippen LogP contribution in [0.4, 0.5) is 0 Å². The van der Waals surface area contributed by atoms with Crippen molar-refractivity contribution in [3.8, 4) is 5.69 Å². The van der Waals surface area contributed by atoms with Crippen LogP contribution >= 0.6 is 0 Å². The van der Waals surface area contributed by atoms with E-state index in [0.29, 0.717) is 5.56 Å². The van der Waals surface area contributed by atoms with Gasteiger partial charge in [0.1, 0.15) is 0 Å². The molecule has 0 fully saturated rings. The van der Waals surface area contributed by atoms with Crippen molar-refractivity contribution >= 4 is 17.2 Å². The second kappa shape index (κ2) is 3.59. The van der Waals surface area contributed by atoms with E-state index in [-0.39, 0.29) is 0 Å². The highest BCUT2D eigenvalue weighted by atomic mass is 16.1. The minimum absolute atomic E-state index is 0.672. The van der Waals surface area contributed by atoms with Crippen LogP contribution in [0.2, 0.25) is 0 Å². The van der Waals surface area contributed by atoms with Crippen LogP contribution in [0.1, 0.15) is 15.9 Å². The molecule has 0 unspecified atom stereocenters. The maximum Gasteiger partial charge on any atom is 0.152 e. The number of carbonyl (C=O) groups excluding carboxylic acids is 1. The molecule has 84 valence electrons. The molecule has 0 radical (unpaired) electrons. The molecule has 2 aromatic heterocycles. The summed E-state index contributed by atoms with van der Waals surface area (Å²) in [6, 6.07) is 5.89. The number of benzene rings is 1. The molecule has 0 aliphatic heterocycles. The Labute approximate surface area is 97.9 Å². The van der Waals surface area contributed by atoms with Crippen LogP contribution in [0, 0.1) is 6.92 Å².